The van der Waals surface area contributed by atoms with Crippen molar-refractivity contribution in [3.05, 3.63) is 28.2 Å². The number of hydrogen-bond acceptors (Lipinski definition) is 2. The molecule has 0 saturated heterocycles. The lowest BCUT2D eigenvalue weighted by molar-refractivity contribution is 0.675. The van der Waals surface area contributed by atoms with Gasteiger partial charge in [-0.05, 0) is 34.0 Å². The average molecular weight is 304 g/mol. The van der Waals surface area contributed by atoms with Gasteiger partial charge in [0.25, 0.3) is 0 Å². The molecule has 1 atom stereocenters. The van der Waals surface area contributed by atoms with Gasteiger partial charge in [0.2, 0.25) is 0 Å². The van der Waals surface area contributed by atoms with Crippen molar-refractivity contribution in [1.82, 2.24) is 0 Å². The minimum absolute atomic E-state index is 0.593. The molecule has 0 aliphatic heterocycles. The van der Waals surface area contributed by atoms with E-state index in [0.717, 1.165) is 28.6 Å². The van der Waals surface area contributed by atoms with E-state index in [0.29, 0.717) is 11.4 Å². The molecule has 1 aromatic carbocycles. The molecule has 0 aromatic heterocycles. The predicted octanol–water partition coefficient (Wildman–Crippen LogP) is 3.47. The number of rotatable bonds is 6. The molecule has 0 fully saturated rings. The SMILES string of the molecule is CCCCCS(=O)Cc1cccc(N)c1Br. The Balaban J connectivity index is 2.53. The molecule has 0 bridgehead atoms. The molecule has 1 aromatic rings. The molecule has 0 saturated carbocycles. The number of hydrogen-bond donors (Lipinski definition) is 1. The van der Waals surface area contributed by atoms with Crippen LogP contribution >= 0.6 is 15.9 Å². The van der Waals surface area contributed by atoms with E-state index in [4.69, 9.17) is 5.73 Å². The summed E-state index contributed by atoms with van der Waals surface area (Å²) in [6.45, 7) is 2.15. The number of benzene rings is 1. The summed E-state index contributed by atoms with van der Waals surface area (Å²) in [5.74, 6) is 1.38. The molecule has 2 N–H and O–H groups in total. The Kier molecular flexibility index (Phi) is 6.06. The van der Waals surface area contributed by atoms with Crippen molar-refractivity contribution in [1.29, 1.82) is 0 Å². The molecule has 0 aliphatic rings. The minimum atomic E-state index is -0.777. The monoisotopic (exact) mass is 303 g/mol. The summed E-state index contributed by atoms with van der Waals surface area (Å²) >= 11 is 3.43. The Labute approximate surface area is 108 Å². The Morgan fingerprint density at radius 3 is 2.81 bits per heavy atom. The van der Waals surface area contributed by atoms with Crippen LogP contribution in [0.1, 0.15) is 31.7 Å². The second kappa shape index (κ2) is 7.07. The first kappa shape index (κ1) is 13.7. The van der Waals surface area contributed by atoms with Gasteiger partial charge in [-0.1, -0.05) is 31.9 Å². The summed E-state index contributed by atoms with van der Waals surface area (Å²) in [7, 11) is -0.777. The maximum Gasteiger partial charge on any atom is 0.0497 e. The second-order valence-electron chi connectivity index (χ2n) is 3.82. The van der Waals surface area contributed by atoms with E-state index in [-0.39, 0.29) is 0 Å². The second-order valence-corrected chi connectivity index (χ2v) is 6.19. The van der Waals surface area contributed by atoms with E-state index >= 15 is 0 Å². The van der Waals surface area contributed by atoms with Crippen molar-refractivity contribution in [2.45, 2.75) is 31.9 Å². The highest BCUT2D eigenvalue weighted by molar-refractivity contribution is 9.10. The van der Waals surface area contributed by atoms with E-state index in [1.54, 1.807) is 0 Å². The van der Waals surface area contributed by atoms with Crippen LogP contribution in [0.3, 0.4) is 0 Å². The highest BCUT2D eigenvalue weighted by Gasteiger charge is 2.07. The van der Waals surface area contributed by atoms with Crippen LogP contribution < -0.4 is 5.73 Å². The summed E-state index contributed by atoms with van der Waals surface area (Å²) in [5, 5.41) is 0. The van der Waals surface area contributed by atoms with Crippen LogP contribution in [0.2, 0.25) is 0 Å². The third-order valence-electron chi connectivity index (χ3n) is 2.40. The number of anilines is 1. The molecule has 2 nitrogen and oxygen atoms in total. The van der Waals surface area contributed by atoms with Crippen LogP contribution in [0.5, 0.6) is 0 Å². The Bertz CT molecular complexity index is 368. The summed E-state index contributed by atoms with van der Waals surface area (Å²) in [6, 6.07) is 5.71. The van der Waals surface area contributed by atoms with Gasteiger partial charge in [0.15, 0.2) is 0 Å². The molecule has 0 heterocycles. The van der Waals surface area contributed by atoms with Crippen LogP contribution in [-0.2, 0) is 16.6 Å². The minimum Gasteiger partial charge on any atom is -0.398 e. The predicted molar refractivity (Wildman–Crippen MR) is 74.8 cm³/mol. The smallest absolute Gasteiger partial charge is 0.0497 e. The quantitative estimate of drug-likeness (QED) is 0.646. The Morgan fingerprint density at radius 1 is 1.38 bits per heavy atom. The lowest BCUT2D eigenvalue weighted by Gasteiger charge is -2.06. The first-order chi connectivity index (χ1) is 7.65. The van der Waals surface area contributed by atoms with Gasteiger partial charge >= 0.3 is 0 Å². The molecular weight excluding hydrogens is 286 g/mol. The molecule has 90 valence electrons. The van der Waals surface area contributed by atoms with Crippen molar-refractivity contribution in [2.24, 2.45) is 0 Å². The number of unbranched alkanes of at least 4 members (excludes halogenated alkanes) is 2. The lowest BCUT2D eigenvalue weighted by Crippen LogP contribution is -2.02. The van der Waals surface area contributed by atoms with E-state index in [9.17, 15) is 4.21 Å². The molecule has 1 rings (SSSR count). The highest BCUT2D eigenvalue weighted by Crippen LogP contribution is 2.24. The fourth-order valence-corrected chi connectivity index (χ4v) is 3.32. The third-order valence-corrected chi connectivity index (χ3v) is 4.74. The van der Waals surface area contributed by atoms with Gasteiger partial charge in [0.05, 0.1) is 0 Å². The molecule has 4 heteroatoms. The Hall–Kier alpha value is -0.350. The maximum atomic E-state index is 11.8. The fraction of sp³-hybridized carbons (Fsp3) is 0.500. The van der Waals surface area contributed by atoms with Crippen LogP contribution in [0, 0.1) is 0 Å². The van der Waals surface area contributed by atoms with Crippen molar-refractivity contribution in [3.63, 3.8) is 0 Å². The molecule has 16 heavy (non-hydrogen) atoms. The molecular formula is C12H18BrNOS. The van der Waals surface area contributed by atoms with Crippen molar-refractivity contribution in [3.8, 4) is 0 Å². The summed E-state index contributed by atoms with van der Waals surface area (Å²) in [6.07, 6.45) is 3.37. The molecule has 0 aliphatic carbocycles. The first-order valence-corrected chi connectivity index (χ1v) is 7.81. The first-order valence-electron chi connectivity index (χ1n) is 5.53. The number of nitrogens with two attached hydrogens (primary N) is 1. The maximum absolute atomic E-state index is 11.8. The fourth-order valence-electron chi connectivity index (χ4n) is 1.47. The molecule has 0 radical (unpaired) electrons. The lowest BCUT2D eigenvalue weighted by atomic mass is 10.2. The summed E-state index contributed by atoms with van der Waals surface area (Å²) < 4.78 is 12.7. The third kappa shape index (κ3) is 4.26. The van der Waals surface area contributed by atoms with Crippen molar-refractivity contribution < 1.29 is 4.21 Å². The van der Waals surface area contributed by atoms with E-state index in [1.165, 1.54) is 6.42 Å². The zero-order chi connectivity index (χ0) is 12.0. The van der Waals surface area contributed by atoms with Gasteiger partial charge < -0.3 is 5.73 Å². The normalized spacial score (nSPS) is 12.6. The van der Waals surface area contributed by atoms with Crippen molar-refractivity contribution >= 4 is 32.4 Å². The number of halogens is 1. The topological polar surface area (TPSA) is 43.1 Å². The van der Waals surface area contributed by atoms with Crippen LogP contribution in [-0.4, -0.2) is 9.96 Å². The van der Waals surface area contributed by atoms with Crippen LogP contribution in [0.25, 0.3) is 0 Å². The van der Waals surface area contributed by atoms with E-state index < -0.39 is 10.8 Å². The zero-order valence-electron chi connectivity index (χ0n) is 9.54. The van der Waals surface area contributed by atoms with E-state index in [1.807, 2.05) is 18.2 Å². The summed E-state index contributed by atoms with van der Waals surface area (Å²) in [4.78, 5) is 0. The highest BCUT2D eigenvalue weighted by atomic mass is 79.9. The Morgan fingerprint density at radius 2 is 2.12 bits per heavy atom. The zero-order valence-corrected chi connectivity index (χ0v) is 11.9. The standard InChI is InChI=1S/C12H18BrNOS/c1-2-3-4-8-16(15)9-10-6-5-7-11(14)12(10)13/h5-7H,2-4,8-9,14H2,1H3. The largest absolute Gasteiger partial charge is 0.398 e. The van der Waals surface area contributed by atoms with Crippen LogP contribution in [0.4, 0.5) is 5.69 Å². The number of nitrogen functional groups attached to an aromatic ring is 1. The van der Waals surface area contributed by atoms with Gasteiger partial charge in [-0.3, -0.25) is 4.21 Å². The van der Waals surface area contributed by atoms with Gasteiger partial charge in [-0.2, -0.15) is 0 Å². The van der Waals surface area contributed by atoms with Gasteiger partial charge in [-0.25, -0.2) is 0 Å². The van der Waals surface area contributed by atoms with Crippen molar-refractivity contribution in [2.75, 3.05) is 11.5 Å². The van der Waals surface area contributed by atoms with Gasteiger partial charge in [-0.15, -0.1) is 0 Å². The van der Waals surface area contributed by atoms with Gasteiger partial charge in [0, 0.05) is 32.5 Å². The van der Waals surface area contributed by atoms with Gasteiger partial charge in [0.1, 0.15) is 0 Å². The average Bonchev–Trinajstić information content (AvgIpc) is 2.25. The molecule has 1 unspecified atom stereocenters. The molecule has 0 spiro atoms. The molecule has 0 amide bonds. The van der Waals surface area contributed by atoms with Crippen LogP contribution in [0.15, 0.2) is 22.7 Å². The summed E-state index contributed by atoms with van der Waals surface area (Å²) in [5.41, 5.74) is 7.52. The van der Waals surface area contributed by atoms with E-state index in [2.05, 4.69) is 22.9 Å².